The fourth-order valence-electron chi connectivity index (χ4n) is 5.47. The van der Waals surface area contributed by atoms with Crippen LogP contribution in [0.4, 0.5) is 10.1 Å². The molecule has 6 rings (SSSR count). The number of fused-ring (bicyclic) bond motifs is 1. The first kappa shape index (κ1) is 19.5. The summed E-state index contributed by atoms with van der Waals surface area (Å²) in [5.41, 5.74) is 0.227. The molecule has 7 heteroatoms. The number of hydrogen-bond acceptors (Lipinski definition) is 4. The van der Waals surface area contributed by atoms with Gasteiger partial charge in [-0.2, -0.15) is 0 Å². The highest BCUT2D eigenvalue weighted by Crippen LogP contribution is 2.62. The Bertz CT molecular complexity index is 1090. The Hall–Kier alpha value is -2.41. The van der Waals surface area contributed by atoms with Crippen molar-refractivity contribution in [2.75, 3.05) is 31.1 Å². The zero-order valence-corrected chi connectivity index (χ0v) is 17.7. The van der Waals surface area contributed by atoms with Crippen molar-refractivity contribution in [2.24, 2.45) is 5.92 Å². The molecule has 3 saturated carbocycles. The number of rotatable bonds is 3. The van der Waals surface area contributed by atoms with Crippen LogP contribution in [0.15, 0.2) is 23.1 Å². The second-order valence-electron chi connectivity index (χ2n) is 10.2. The summed E-state index contributed by atoms with van der Waals surface area (Å²) < 4.78 is 17.1. The zero-order chi connectivity index (χ0) is 21.4. The Morgan fingerprint density at radius 1 is 1.13 bits per heavy atom. The van der Waals surface area contributed by atoms with Crippen molar-refractivity contribution >= 4 is 22.6 Å². The summed E-state index contributed by atoms with van der Waals surface area (Å²) in [7, 11) is 0. The van der Waals surface area contributed by atoms with Crippen LogP contribution in [0, 0.1) is 11.7 Å². The lowest BCUT2D eigenvalue weighted by atomic mass is 9.49. The van der Waals surface area contributed by atoms with Gasteiger partial charge >= 0.3 is 5.97 Å². The number of aromatic carboxylic acids is 1. The van der Waals surface area contributed by atoms with E-state index < -0.39 is 17.2 Å². The smallest absolute Gasteiger partial charge is 0.341 e. The second-order valence-corrected chi connectivity index (χ2v) is 10.2. The lowest BCUT2D eigenvalue weighted by molar-refractivity contribution is -0.0860. The fraction of sp³-hybridized carbons (Fsp3) is 0.565. The van der Waals surface area contributed by atoms with Gasteiger partial charge in [0.25, 0.3) is 0 Å². The lowest BCUT2D eigenvalue weighted by Crippen LogP contribution is -2.59. The van der Waals surface area contributed by atoms with Crippen LogP contribution in [0.5, 0.6) is 0 Å². The van der Waals surface area contributed by atoms with Crippen LogP contribution in [0.25, 0.3) is 10.9 Å². The molecule has 1 aromatic heterocycles. The summed E-state index contributed by atoms with van der Waals surface area (Å²) in [5, 5.41) is 9.68. The number of halogens is 1. The molecule has 1 aliphatic heterocycles. The summed E-state index contributed by atoms with van der Waals surface area (Å²) in [5.74, 6) is -1.03. The number of piperazine rings is 1. The highest BCUT2D eigenvalue weighted by Gasteiger charge is 2.58. The number of nitrogens with zero attached hydrogens (tertiary/aromatic N) is 3. The van der Waals surface area contributed by atoms with Crippen molar-refractivity contribution in [3.05, 3.63) is 39.9 Å². The highest BCUT2D eigenvalue weighted by molar-refractivity contribution is 5.93. The van der Waals surface area contributed by atoms with Crippen molar-refractivity contribution in [3.8, 4) is 0 Å². The van der Waals surface area contributed by atoms with Gasteiger partial charge in [0.1, 0.15) is 11.4 Å². The molecule has 6 nitrogen and oxygen atoms in total. The topological polar surface area (TPSA) is 65.8 Å². The average Bonchev–Trinajstić information content (AvgIpc) is 2.60. The summed E-state index contributed by atoms with van der Waals surface area (Å²) in [4.78, 5) is 28.9. The quantitative estimate of drug-likeness (QED) is 0.837. The molecule has 4 fully saturated rings. The van der Waals surface area contributed by atoms with Crippen molar-refractivity contribution in [2.45, 2.75) is 51.1 Å². The molecule has 1 N–H and O–H groups in total. The molecule has 30 heavy (non-hydrogen) atoms. The van der Waals surface area contributed by atoms with Gasteiger partial charge in [0.05, 0.1) is 11.2 Å². The van der Waals surface area contributed by atoms with Crippen LogP contribution >= 0.6 is 0 Å². The first-order valence-electron chi connectivity index (χ1n) is 10.7. The molecule has 2 bridgehead atoms. The minimum absolute atomic E-state index is 0.0753. The van der Waals surface area contributed by atoms with Crippen LogP contribution in [0.2, 0.25) is 0 Å². The van der Waals surface area contributed by atoms with Gasteiger partial charge in [-0.15, -0.1) is 0 Å². The Morgan fingerprint density at radius 3 is 2.27 bits per heavy atom. The van der Waals surface area contributed by atoms with E-state index in [1.807, 2.05) is 9.47 Å². The normalized spacial score (nSPS) is 26.4. The molecule has 0 spiro atoms. The molecule has 0 radical (unpaired) electrons. The van der Waals surface area contributed by atoms with E-state index in [0.717, 1.165) is 32.4 Å². The summed E-state index contributed by atoms with van der Waals surface area (Å²) in [6.07, 6.45) is 4.49. The Balaban J connectivity index is 1.60. The number of carboxylic acid groups (broad SMARTS) is 1. The van der Waals surface area contributed by atoms with Gasteiger partial charge in [0.2, 0.25) is 5.43 Å². The van der Waals surface area contributed by atoms with Crippen LogP contribution in [0.1, 0.15) is 50.4 Å². The van der Waals surface area contributed by atoms with Gasteiger partial charge in [-0.25, -0.2) is 9.18 Å². The monoisotopic (exact) mass is 413 g/mol. The van der Waals surface area contributed by atoms with Crippen LogP contribution < -0.4 is 10.3 Å². The van der Waals surface area contributed by atoms with Gasteiger partial charge in [-0.3, -0.25) is 9.69 Å². The van der Waals surface area contributed by atoms with E-state index in [1.165, 1.54) is 12.3 Å². The zero-order valence-electron chi connectivity index (χ0n) is 17.7. The molecule has 3 aliphatic carbocycles. The van der Waals surface area contributed by atoms with Crippen molar-refractivity contribution < 1.29 is 14.3 Å². The van der Waals surface area contributed by atoms with Crippen LogP contribution in [0.3, 0.4) is 0 Å². The predicted octanol–water partition coefficient (Wildman–Crippen LogP) is 3.27. The number of carboxylic acids is 1. The van der Waals surface area contributed by atoms with Gasteiger partial charge < -0.3 is 14.6 Å². The molecule has 4 aliphatic rings. The third-order valence-electron chi connectivity index (χ3n) is 7.39. The first-order valence-corrected chi connectivity index (χ1v) is 10.7. The van der Waals surface area contributed by atoms with E-state index >= 15 is 4.39 Å². The van der Waals surface area contributed by atoms with E-state index in [9.17, 15) is 14.7 Å². The summed E-state index contributed by atoms with van der Waals surface area (Å²) in [6.45, 7) is 9.66. The molecule has 2 heterocycles. The van der Waals surface area contributed by atoms with Gasteiger partial charge in [0.15, 0.2) is 0 Å². The number of anilines is 1. The predicted molar refractivity (Wildman–Crippen MR) is 114 cm³/mol. The Kier molecular flexibility index (Phi) is 4.10. The lowest BCUT2D eigenvalue weighted by Gasteiger charge is -2.63. The minimum Gasteiger partial charge on any atom is -0.477 e. The number of benzene rings is 1. The largest absolute Gasteiger partial charge is 0.477 e. The highest BCUT2D eigenvalue weighted by atomic mass is 19.1. The van der Waals surface area contributed by atoms with Crippen molar-refractivity contribution in [1.29, 1.82) is 0 Å². The maximum Gasteiger partial charge on any atom is 0.341 e. The number of hydrogen-bond donors (Lipinski definition) is 1. The molecule has 160 valence electrons. The third kappa shape index (κ3) is 2.78. The molecular formula is C23H28FN3O3. The van der Waals surface area contributed by atoms with Crippen LogP contribution in [-0.2, 0) is 5.54 Å². The average molecular weight is 413 g/mol. The molecule has 0 atom stereocenters. The van der Waals surface area contributed by atoms with Gasteiger partial charge in [-0.1, -0.05) is 0 Å². The maximum atomic E-state index is 15.1. The summed E-state index contributed by atoms with van der Waals surface area (Å²) >= 11 is 0. The van der Waals surface area contributed by atoms with Gasteiger partial charge in [0, 0.05) is 48.8 Å². The van der Waals surface area contributed by atoms with Crippen molar-refractivity contribution in [1.82, 2.24) is 9.47 Å². The second kappa shape index (κ2) is 6.30. The van der Waals surface area contributed by atoms with E-state index in [1.54, 1.807) is 6.07 Å². The molecule has 2 aromatic rings. The van der Waals surface area contributed by atoms with E-state index in [4.69, 9.17) is 0 Å². The standard InChI is InChI=1S/C23H28FN3O3/c1-22(2,3)26-6-4-25(5-7-26)19-9-18-15(8-17(19)24)20(28)16(21(29)30)13-27(18)23-10-14(11-23)12-23/h8-9,13-14H,4-7,10-12H2,1-3H3,(H,29,30). The molecular weight excluding hydrogens is 385 g/mol. The number of carbonyl (C=O) groups is 1. The molecule has 0 amide bonds. The SMILES string of the molecule is CC(C)(C)N1CCN(c2cc3c(cc2F)c(=O)c(C(=O)O)cn3C23CC(C2)C3)CC1. The Labute approximate surface area is 174 Å². The van der Waals surface area contributed by atoms with Gasteiger partial charge in [-0.05, 0) is 58.1 Å². The summed E-state index contributed by atoms with van der Waals surface area (Å²) in [6, 6.07) is 3.02. The molecule has 0 unspecified atom stereocenters. The Morgan fingerprint density at radius 2 is 1.77 bits per heavy atom. The van der Waals surface area contributed by atoms with E-state index in [2.05, 4.69) is 25.7 Å². The first-order chi connectivity index (χ1) is 14.1. The van der Waals surface area contributed by atoms with E-state index in [0.29, 0.717) is 30.2 Å². The maximum absolute atomic E-state index is 15.1. The molecule has 1 saturated heterocycles. The van der Waals surface area contributed by atoms with Crippen LogP contribution in [-0.4, -0.2) is 52.3 Å². The van der Waals surface area contributed by atoms with Crippen molar-refractivity contribution in [3.63, 3.8) is 0 Å². The number of aromatic nitrogens is 1. The van der Waals surface area contributed by atoms with E-state index in [-0.39, 0.29) is 22.0 Å². The molecule has 1 aromatic carbocycles. The minimum atomic E-state index is -1.26. The fourth-order valence-corrected chi connectivity index (χ4v) is 5.47. The third-order valence-corrected chi connectivity index (χ3v) is 7.39. The number of pyridine rings is 1.